The van der Waals surface area contributed by atoms with Crippen molar-refractivity contribution in [3.05, 3.63) is 76.2 Å². The summed E-state index contributed by atoms with van der Waals surface area (Å²) in [5, 5.41) is 6.38. The molecular formula is C26H24BrN3O8. The van der Waals surface area contributed by atoms with Crippen molar-refractivity contribution in [3.63, 3.8) is 0 Å². The van der Waals surface area contributed by atoms with Crippen LogP contribution in [0.15, 0.2) is 68.8 Å². The molecule has 0 aliphatic heterocycles. The number of amides is 2. The maximum Gasteiger partial charge on any atom is 0.336 e. The van der Waals surface area contributed by atoms with E-state index in [-0.39, 0.29) is 17.9 Å². The second-order valence-electron chi connectivity index (χ2n) is 7.34. The van der Waals surface area contributed by atoms with Crippen molar-refractivity contribution in [2.75, 3.05) is 27.9 Å². The van der Waals surface area contributed by atoms with E-state index in [1.807, 2.05) is 0 Å². The Hall–Kier alpha value is -4.58. The van der Waals surface area contributed by atoms with Gasteiger partial charge in [-0.3, -0.25) is 9.59 Å². The number of esters is 1. The molecule has 0 radical (unpaired) electrons. The molecule has 12 heteroatoms. The minimum atomic E-state index is -0.628. The number of furan rings is 1. The molecular weight excluding hydrogens is 562 g/mol. The van der Waals surface area contributed by atoms with Crippen molar-refractivity contribution < 1.29 is 37.7 Å². The second kappa shape index (κ2) is 13.7. The molecule has 0 bridgehead atoms. The van der Waals surface area contributed by atoms with Crippen LogP contribution in [0.1, 0.15) is 21.7 Å². The smallest absolute Gasteiger partial charge is 0.336 e. The number of carbonyl (C=O) groups excluding carboxylic acids is 3. The zero-order valence-electron chi connectivity index (χ0n) is 20.6. The molecule has 38 heavy (non-hydrogen) atoms. The van der Waals surface area contributed by atoms with Gasteiger partial charge in [-0.2, -0.15) is 5.10 Å². The number of ether oxygens (including phenoxy) is 4. The third-order valence-corrected chi connectivity index (χ3v) is 5.33. The van der Waals surface area contributed by atoms with Crippen molar-refractivity contribution in [1.82, 2.24) is 10.7 Å². The third kappa shape index (κ3) is 7.71. The van der Waals surface area contributed by atoms with Gasteiger partial charge in [0.2, 0.25) is 5.75 Å². The van der Waals surface area contributed by atoms with Gasteiger partial charge >= 0.3 is 5.97 Å². The highest BCUT2D eigenvalue weighted by atomic mass is 79.9. The van der Waals surface area contributed by atoms with Crippen LogP contribution < -0.4 is 29.7 Å². The van der Waals surface area contributed by atoms with Gasteiger partial charge in [-0.15, -0.1) is 0 Å². The fourth-order valence-electron chi connectivity index (χ4n) is 3.08. The first-order chi connectivity index (χ1) is 18.3. The Morgan fingerprint density at radius 1 is 1.00 bits per heavy atom. The topological polar surface area (TPSA) is 138 Å². The summed E-state index contributed by atoms with van der Waals surface area (Å²) in [7, 11) is 4.31. The number of rotatable bonds is 11. The van der Waals surface area contributed by atoms with Crippen molar-refractivity contribution in [2.24, 2.45) is 5.10 Å². The van der Waals surface area contributed by atoms with Crippen LogP contribution in [0.2, 0.25) is 0 Å². The summed E-state index contributed by atoms with van der Waals surface area (Å²) in [4.78, 5) is 36.9. The molecule has 1 heterocycles. The molecule has 0 spiro atoms. The number of nitrogens with one attached hydrogen (secondary N) is 2. The van der Waals surface area contributed by atoms with E-state index in [1.165, 1.54) is 58.1 Å². The normalized spacial score (nSPS) is 10.8. The summed E-state index contributed by atoms with van der Waals surface area (Å²) < 4.78 is 26.9. The standard InChI is InChI=1S/C26H24BrN3O8/c1-34-21-12-16(13-22(35-2)25(21)36-3)26(33)28-15-23(31)30-29-14-17-11-18(27)6-8-20(17)38-24(32)9-7-19-5-4-10-37-19/h4-14H,15H2,1-3H3,(H,28,33)(H,30,31)/b9-7-,29-14-. The summed E-state index contributed by atoms with van der Waals surface area (Å²) in [6.45, 7) is -0.356. The van der Waals surface area contributed by atoms with Crippen LogP contribution in [0.5, 0.6) is 23.0 Å². The Kier molecular flexibility index (Phi) is 10.1. The van der Waals surface area contributed by atoms with Crippen LogP contribution in [-0.4, -0.2) is 51.9 Å². The molecule has 0 saturated carbocycles. The highest BCUT2D eigenvalue weighted by Gasteiger charge is 2.17. The van der Waals surface area contributed by atoms with Gasteiger partial charge < -0.3 is 28.7 Å². The molecule has 0 unspecified atom stereocenters. The lowest BCUT2D eigenvalue weighted by Crippen LogP contribution is -2.35. The number of carbonyl (C=O) groups is 3. The SMILES string of the molecule is COc1cc(C(=O)NCC(=O)N/N=C\c2cc(Br)ccc2OC(=O)/C=C\c2ccco2)cc(OC)c1OC. The highest BCUT2D eigenvalue weighted by Crippen LogP contribution is 2.38. The molecule has 11 nitrogen and oxygen atoms in total. The quantitative estimate of drug-likeness (QED) is 0.114. The summed E-state index contributed by atoms with van der Waals surface area (Å²) in [5.74, 6) is -0.0949. The van der Waals surface area contributed by atoms with Gasteiger partial charge in [0, 0.05) is 21.7 Å². The van der Waals surface area contributed by atoms with Gasteiger partial charge in [0.25, 0.3) is 11.8 Å². The van der Waals surface area contributed by atoms with Gasteiger partial charge in [-0.1, -0.05) is 15.9 Å². The highest BCUT2D eigenvalue weighted by molar-refractivity contribution is 9.10. The predicted molar refractivity (Wildman–Crippen MR) is 142 cm³/mol. The monoisotopic (exact) mass is 585 g/mol. The van der Waals surface area contributed by atoms with E-state index in [9.17, 15) is 14.4 Å². The molecule has 0 saturated heterocycles. The average molecular weight is 586 g/mol. The number of nitrogens with zero attached hydrogens (tertiary/aromatic N) is 1. The number of methoxy groups -OCH3 is 3. The third-order valence-electron chi connectivity index (χ3n) is 4.84. The van der Waals surface area contributed by atoms with Crippen molar-refractivity contribution in [2.45, 2.75) is 0 Å². The first-order valence-corrected chi connectivity index (χ1v) is 11.8. The molecule has 0 atom stereocenters. The Bertz CT molecular complexity index is 1330. The lowest BCUT2D eigenvalue weighted by Gasteiger charge is -2.14. The molecule has 2 N–H and O–H groups in total. The molecule has 3 rings (SSSR count). The van der Waals surface area contributed by atoms with Gasteiger partial charge in [0.15, 0.2) is 11.5 Å². The van der Waals surface area contributed by atoms with Crippen LogP contribution in [0.4, 0.5) is 0 Å². The summed E-state index contributed by atoms with van der Waals surface area (Å²) in [6, 6.07) is 11.2. The van der Waals surface area contributed by atoms with Gasteiger partial charge in [0.1, 0.15) is 11.5 Å². The van der Waals surface area contributed by atoms with Crippen LogP contribution in [0.3, 0.4) is 0 Å². The average Bonchev–Trinajstić information content (AvgIpc) is 3.45. The predicted octanol–water partition coefficient (Wildman–Crippen LogP) is 3.57. The van der Waals surface area contributed by atoms with Gasteiger partial charge in [0.05, 0.1) is 40.4 Å². The number of hydrogen-bond donors (Lipinski definition) is 2. The van der Waals surface area contributed by atoms with Crippen molar-refractivity contribution in [3.8, 4) is 23.0 Å². The molecule has 0 fully saturated rings. The Balaban J connectivity index is 1.58. The maximum absolute atomic E-state index is 12.5. The Morgan fingerprint density at radius 3 is 2.37 bits per heavy atom. The molecule has 1 aromatic heterocycles. The van der Waals surface area contributed by atoms with E-state index in [4.69, 9.17) is 23.4 Å². The number of benzene rings is 2. The number of halogens is 1. The number of hydrazone groups is 1. The minimum absolute atomic E-state index is 0.206. The maximum atomic E-state index is 12.5. The first-order valence-electron chi connectivity index (χ1n) is 11.0. The Morgan fingerprint density at radius 2 is 1.74 bits per heavy atom. The van der Waals surface area contributed by atoms with E-state index in [2.05, 4.69) is 31.8 Å². The Labute approximate surface area is 226 Å². The van der Waals surface area contributed by atoms with Crippen LogP contribution in [0.25, 0.3) is 6.08 Å². The molecule has 0 aliphatic rings. The van der Waals surface area contributed by atoms with Gasteiger partial charge in [-0.05, 0) is 48.5 Å². The van der Waals surface area contributed by atoms with E-state index in [0.717, 1.165) is 0 Å². The van der Waals surface area contributed by atoms with Crippen LogP contribution in [-0.2, 0) is 9.59 Å². The fraction of sp³-hybridized carbons (Fsp3) is 0.154. The molecule has 0 aliphatic carbocycles. The molecule has 2 amide bonds. The first kappa shape index (κ1) is 28.0. The fourth-order valence-corrected chi connectivity index (χ4v) is 3.46. The summed E-state index contributed by atoms with van der Waals surface area (Å²) in [6.07, 6.45) is 5.49. The van der Waals surface area contributed by atoms with Crippen molar-refractivity contribution >= 4 is 46.0 Å². The largest absolute Gasteiger partial charge is 0.493 e. The van der Waals surface area contributed by atoms with Gasteiger partial charge in [-0.25, -0.2) is 10.2 Å². The van der Waals surface area contributed by atoms with Crippen molar-refractivity contribution in [1.29, 1.82) is 0 Å². The van der Waals surface area contributed by atoms with E-state index >= 15 is 0 Å². The zero-order chi connectivity index (χ0) is 27.5. The second-order valence-corrected chi connectivity index (χ2v) is 8.26. The lowest BCUT2D eigenvalue weighted by atomic mass is 10.1. The van der Waals surface area contributed by atoms with Crippen LogP contribution in [0, 0.1) is 0 Å². The van der Waals surface area contributed by atoms with Crippen LogP contribution >= 0.6 is 15.9 Å². The molecule has 2 aromatic carbocycles. The van der Waals surface area contributed by atoms with E-state index in [1.54, 1.807) is 30.3 Å². The number of hydrogen-bond acceptors (Lipinski definition) is 9. The molecule has 3 aromatic rings. The zero-order valence-corrected chi connectivity index (χ0v) is 22.2. The lowest BCUT2D eigenvalue weighted by molar-refractivity contribution is -0.129. The minimum Gasteiger partial charge on any atom is -0.493 e. The van der Waals surface area contributed by atoms with E-state index < -0.39 is 17.8 Å². The summed E-state index contributed by atoms with van der Waals surface area (Å²) in [5.41, 5.74) is 2.93. The molecule has 198 valence electrons. The summed E-state index contributed by atoms with van der Waals surface area (Å²) >= 11 is 3.34. The van der Waals surface area contributed by atoms with E-state index in [0.29, 0.717) is 33.0 Å².